The number of hydrazine groups is 1. The molecule has 23 heavy (non-hydrogen) atoms. The first-order valence-electron chi connectivity index (χ1n) is 6.80. The summed E-state index contributed by atoms with van der Waals surface area (Å²) in [5.41, 5.74) is 5.32. The summed E-state index contributed by atoms with van der Waals surface area (Å²) in [6, 6.07) is 5.61. The number of nitrogens with zero attached hydrogens (tertiary/aromatic N) is 2. The highest BCUT2D eigenvalue weighted by molar-refractivity contribution is 5.96. The fourth-order valence-corrected chi connectivity index (χ4v) is 1.75. The number of rotatable bonds is 4. The molecule has 0 bridgehead atoms. The molecule has 0 aliphatic carbocycles. The molecule has 0 atom stereocenters. The molecule has 2 N–H and O–H groups in total. The first-order valence-corrected chi connectivity index (χ1v) is 6.80. The van der Waals surface area contributed by atoms with Gasteiger partial charge < -0.3 is 0 Å². The first kappa shape index (κ1) is 16.2. The van der Waals surface area contributed by atoms with Crippen molar-refractivity contribution >= 4 is 11.8 Å². The van der Waals surface area contributed by atoms with Gasteiger partial charge in [0.15, 0.2) is 0 Å². The van der Waals surface area contributed by atoms with Crippen molar-refractivity contribution in [1.29, 1.82) is 0 Å². The number of amides is 2. The molecule has 6 nitrogen and oxygen atoms in total. The molecule has 2 rings (SSSR count). The van der Waals surface area contributed by atoms with Crippen LogP contribution in [0.1, 0.15) is 17.4 Å². The predicted molar refractivity (Wildman–Crippen MR) is 83.1 cm³/mol. The second-order valence-corrected chi connectivity index (χ2v) is 4.45. The van der Waals surface area contributed by atoms with Gasteiger partial charge in [0.25, 0.3) is 11.8 Å². The molecule has 1 heterocycles. The van der Waals surface area contributed by atoms with Crippen LogP contribution in [0.2, 0.25) is 0 Å². The normalized spacial score (nSPS) is 11.0. The summed E-state index contributed by atoms with van der Waals surface area (Å²) in [6.45, 7) is 1.82. The Morgan fingerprint density at radius 2 is 1.91 bits per heavy atom. The molecule has 118 valence electrons. The standard InChI is InChI=1S/C16H15FN4O2/c1-2-3-4-5-15(22)19-20-16(23)14-10-18-11-21(14)13-8-6-12(17)7-9-13/h2-11H,1H3,(H,19,22)(H,20,23)/b3-2+,5-4+. The number of nitrogens with one attached hydrogen (secondary N) is 2. The van der Waals surface area contributed by atoms with Crippen molar-refractivity contribution in [3.05, 3.63) is 72.6 Å². The van der Waals surface area contributed by atoms with E-state index in [-0.39, 0.29) is 11.5 Å². The predicted octanol–water partition coefficient (Wildman–Crippen LogP) is 1.90. The number of carbonyl (C=O) groups excluding carboxylic acids is 2. The van der Waals surface area contributed by atoms with Crippen molar-refractivity contribution in [1.82, 2.24) is 20.4 Å². The largest absolute Gasteiger partial charge is 0.295 e. The van der Waals surface area contributed by atoms with Crippen molar-refractivity contribution < 1.29 is 14.0 Å². The van der Waals surface area contributed by atoms with Gasteiger partial charge in [0, 0.05) is 11.8 Å². The zero-order valence-electron chi connectivity index (χ0n) is 12.4. The molecule has 0 fully saturated rings. The molecule has 0 radical (unpaired) electrons. The summed E-state index contributed by atoms with van der Waals surface area (Å²) in [6.07, 6.45) is 9.05. The molecule has 1 aromatic carbocycles. The van der Waals surface area contributed by atoms with Crippen molar-refractivity contribution in [3.8, 4) is 5.69 Å². The minimum Gasteiger partial charge on any atom is -0.295 e. The Morgan fingerprint density at radius 3 is 2.61 bits per heavy atom. The van der Waals surface area contributed by atoms with Crippen LogP contribution in [-0.4, -0.2) is 21.4 Å². The monoisotopic (exact) mass is 314 g/mol. The average molecular weight is 314 g/mol. The minimum atomic E-state index is -0.542. The van der Waals surface area contributed by atoms with Gasteiger partial charge in [0.1, 0.15) is 11.5 Å². The number of imidazole rings is 1. The van der Waals surface area contributed by atoms with Crippen LogP contribution in [0.4, 0.5) is 4.39 Å². The van der Waals surface area contributed by atoms with Crippen LogP contribution in [0.25, 0.3) is 5.69 Å². The van der Waals surface area contributed by atoms with Gasteiger partial charge in [-0.25, -0.2) is 9.37 Å². The van der Waals surface area contributed by atoms with Crippen LogP contribution in [0.15, 0.2) is 61.1 Å². The van der Waals surface area contributed by atoms with Gasteiger partial charge in [-0.1, -0.05) is 18.2 Å². The number of hydrogen-bond acceptors (Lipinski definition) is 3. The van der Waals surface area contributed by atoms with Gasteiger partial charge in [0.2, 0.25) is 0 Å². The Balaban J connectivity index is 2.05. The SMILES string of the molecule is C/C=C/C=C/C(=O)NNC(=O)c1cncn1-c1ccc(F)cc1. The highest BCUT2D eigenvalue weighted by atomic mass is 19.1. The van der Waals surface area contributed by atoms with Gasteiger partial charge in [-0.3, -0.25) is 25.0 Å². The second-order valence-electron chi connectivity index (χ2n) is 4.45. The number of allylic oxidation sites excluding steroid dienone is 3. The van der Waals surface area contributed by atoms with E-state index in [4.69, 9.17) is 0 Å². The molecule has 1 aromatic heterocycles. The highest BCUT2D eigenvalue weighted by Gasteiger charge is 2.13. The van der Waals surface area contributed by atoms with Crippen LogP contribution in [0.3, 0.4) is 0 Å². The number of benzene rings is 1. The Hall–Kier alpha value is -3.22. The van der Waals surface area contributed by atoms with E-state index in [2.05, 4.69) is 15.8 Å². The van der Waals surface area contributed by atoms with E-state index in [0.29, 0.717) is 5.69 Å². The van der Waals surface area contributed by atoms with Crippen LogP contribution < -0.4 is 10.9 Å². The molecule has 2 amide bonds. The summed E-state index contributed by atoms with van der Waals surface area (Å²) < 4.78 is 14.4. The lowest BCUT2D eigenvalue weighted by molar-refractivity contribution is -0.117. The van der Waals surface area contributed by atoms with Gasteiger partial charge in [0.05, 0.1) is 12.5 Å². The molecule has 0 saturated heterocycles. The zero-order valence-corrected chi connectivity index (χ0v) is 12.4. The van der Waals surface area contributed by atoms with Crippen molar-refractivity contribution in [3.63, 3.8) is 0 Å². The van der Waals surface area contributed by atoms with E-state index in [1.54, 1.807) is 18.2 Å². The van der Waals surface area contributed by atoms with Gasteiger partial charge >= 0.3 is 0 Å². The van der Waals surface area contributed by atoms with Crippen LogP contribution in [-0.2, 0) is 4.79 Å². The van der Waals surface area contributed by atoms with Crippen LogP contribution in [0.5, 0.6) is 0 Å². The number of aromatic nitrogens is 2. The van der Waals surface area contributed by atoms with E-state index in [1.807, 2.05) is 6.92 Å². The maximum atomic E-state index is 13.0. The quantitative estimate of drug-likeness (QED) is 0.514. The Bertz CT molecular complexity index is 748. The molecule has 2 aromatic rings. The second kappa shape index (κ2) is 7.69. The average Bonchev–Trinajstić information content (AvgIpc) is 3.03. The van der Waals surface area contributed by atoms with E-state index >= 15 is 0 Å². The lowest BCUT2D eigenvalue weighted by Gasteiger charge is -2.09. The Morgan fingerprint density at radius 1 is 1.17 bits per heavy atom. The molecule has 0 unspecified atom stereocenters. The van der Waals surface area contributed by atoms with Crippen molar-refractivity contribution in [2.45, 2.75) is 6.92 Å². The number of halogens is 1. The molecule has 7 heteroatoms. The maximum absolute atomic E-state index is 13.0. The lowest BCUT2D eigenvalue weighted by atomic mass is 10.3. The van der Waals surface area contributed by atoms with Crippen molar-refractivity contribution in [2.75, 3.05) is 0 Å². The van der Waals surface area contributed by atoms with Crippen LogP contribution in [0, 0.1) is 5.82 Å². The van der Waals surface area contributed by atoms with E-state index < -0.39 is 11.8 Å². The fraction of sp³-hybridized carbons (Fsp3) is 0.0625. The highest BCUT2D eigenvalue weighted by Crippen LogP contribution is 2.11. The van der Waals surface area contributed by atoms with Crippen LogP contribution >= 0.6 is 0 Å². The van der Waals surface area contributed by atoms with Crippen molar-refractivity contribution in [2.24, 2.45) is 0 Å². The maximum Gasteiger partial charge on any atom is 0.288 e. The molecule has 0 aliphatic heterocycles. The third kappa shape index (κ3) is 4.37. The topological polar surface area (TPSA) is 76.0 Å². The summed E-state index contributed by atoms with van der Waals surface area (Å²) in [5, 5.41) is 0. The Kier molecular flexibility index (Phi) is 5.40. The van der Waals surface area contributed by atoms with E-state index in [9.17, 15) is 14.0 Å². The molecular weight excluding hydrogens is 299 g/mol. The summed E-state index contributed by atoms with van der Waals surface area (Å²) in [4.78, 5) is 27.5. The summed E-state index contributed by atoms with van der Waals surface area (Å²) in [7, 11) is 0. The van der Waals surface area contributed by atoms with Gasteiger partial charge in [-0.05, 0) is 31.2 Å². The van der Waals surface area contributed by atoms with Gasteiger partial charge in [-0.2, -0.15) is 0 Å². The first-order chi connectivity index (χ1) is 11.1. The molecule has 0 saturated carbocycles. The molecule has 0 spiro atoms. The molecular formula is C16H15FN4O2. The fourth-order valence-electron chi connectivity index (χ4n) is 1.75. The van der Waals surface area contributed by atoms with Gasteiger partial charge in [-0.15, -0.1) is 0 Å². The van der Waals surface area contributed by atoms with E-state index in [0.717, 1.165) is 0 Å². The smallest absolute Gasteiger partial charge is 0.288 e. The third-order valence-electron chi connectivity index (χ3n) is 2.83. The number of hydrogen-bond donors (Lipinski definition) is 2. The summed E-state index contributed by atoms with van der Waals surface area (Å²) >= 11 is 0. The van der Waals surface area contributed by atoms with E-state index in [1.165, 1.54) is 47.4 Å². The number of carbonyl (C=O) groups is 2. The summed E-state index contributed by atoms with van der Waals surface area (Å²) in [5.74, 6) is -1.39. The third-order valence-corrected chi connectivity index (χ3v) is 2.83. The zero-order chi connectivity index (χ0) is 16.7. The lowest BCUT2D eigenvalue weighted by Crippen LogP contribution is -2.41. The minimum absolute atomic E-state index is 0.203. The molecule has 0 aliphatic rings. The Labute approximate surface area is 132 Å².